The lowest BCUT2D eigenvalue weighted by Gasteiger charge is -2.18. The molecule has 0 aliphatic rings. The topological polar surface area (TPSA) is 105 Å². The fourth-order valence-electron chi connectivity index (χ4n) is 1.23. The number of pyridine rings is 1. The number of rotatable bonds is 3. The molecule has 8 heteroatoms. The molecule has 1 heterocycles. The Hall–Kier alpha value is -1.38. The Labute approximate surface area is 94.9 Å². The summed E-state index contributed by atoms with van der Waals surface area (Å²) >= 11 is 0. The first-order valence-corrected chi connectivity index (χ1v) is 4.66. The molecule has 0 amide bonds. The minimum absolute atomic E-state index is 0.190. The molecule has 1 rings (SSSR count). The number of aliphatic hydroxyl groups excluding tert-OH is 2. The molecule has 0 saturated carbocycles. The lowest BCUT2D eigenvalue weighted by molar-refractivity contribution is -0.137. The molecule has 17 heavy (non-hydrogen) atoms. The van der Waals surface area contributed by atoms with Crippen molar-refractivity contribution in [2.75, 3.05) is 12.3 Å². The molecule has 5 nitrogen and oxygen atoms in total. The molecule has 0 aliphatic heterocycles. The Balaban J connectivity index is 3.13. The Kier molecular flexibility index (Phi) is 3.91. The highest BCUT2D eigenvalue weighted by molar-refractivity contribution is 5.43. The van der Waals surface area contributed by atoms with Gasteiger partial charge in [-0.25, -0.2) is 4.98 Å². The average molecular weight is 251 g/mol. The number of anilines is 1. The maximum atomic E-state index is 12.5. The molecule has 96 valence electrons. The summed E-state index contributed by atoms with van der Waals surface area (Å²) in [4.78, 5) is 3.33. The number of aliphatic hydroxyl groups is 2. The van der Waals surface area contributed by atoms with Gasteiger partial charge in [-0.15, -0.1) is 0 Å². The van der Waals surface area contributed by atoms with Crippen LogP contribution in [0.4, 0.5) is 19.0 Å². The standard InChI is InChI=1S/C9H12F3N3O2/c10-9(11,12)5-1-4(3-15-8(5)14)7(17)6(16)2-13/h1,3,6-7,16-17H,2,13H2,(H2,14,15). The summed E-state index contributed by atoms with van der Waals surface area (Å²) in [6.45, 7) is -0.285. The van der Waals surface area contributed by atoms with Crippen LogP contribution in [0.25, 0.3) is 0 Å². The van der Waals surface area contributed by atoms with E-state index in [0.717, 1.165) is 6.20 Å². The van der Waals surface area contributed by atoms with Gasteiger partial charge in [0.2, 0.25) is 0 Å². The second kappa shape index (κ2) is 4.86. The van der Waals surface area contributed by atoms with Gasteiger partial charge in [0, 0.05) is 18.3 Å². The number of alkyl halides is 3. The van der Waals surface area contributed by atoms with Crippen molar-refractivity contribution in [2.45, 2.75) is 18.4 Å². The molecule has 0 aromatic carbocycles. The van der Waals surface area contributed by atoms with Gasteiger partial charge in [-0.3, -0.25) is 0 Å². The molecule has 2 atom stereocenters. The third kappa shape index (κ3) is 3.05. The van der Waals surface area contributed by atoms with E-state index >= 15 is 0 Å². The summed E-state index contributed by atoms with van der Waals surface area (Å²) in [5.41, 5.74) is 8.83. The Morgan fingerprint density at radius 2 is 1.94 bits per heavy atom. The molecule has 0 saturated heterocycles. The number of nitrogens with two attached hydrogens (primary N) is 2. The number of hydrogen-bond donors (Lipinski definition) is 4. The first kappa shape index (κ1) is 13.7. The van der Waals surface area contributed by atoms with Gasteiger partial charge in [0.15, 0.2) is 0 Å². The lowest BCUT2D eigenvalue weighted by atomic mass is 10.0. The van der Waals surface area contributed by atoms with Gasteiger partial charge in [-0.05, 0) is 6.07 Å². The molecule has 0 spiro atoms. The van der Waals surface area contributed by atoms with Crippen LogP contribution in [0.15, 0.2) is 12.3 Å². The molecule has 2 unspecified atom stereocenters. The van der Waals surface area contributed by atoms with Crippen LogP contribution in [0.2, 0.25) is 0 Å². The monoisotopic (exact) mass is 251 g/mol. The van der Waals surface area contributed by atoms with Gasteiger partial charge in [0.1, 0.15) is 11.9 Å². The normalized spacial score (nSPS) is 15.6. The highest BCUT2D eigenvalue weighted by atomic mass is 19.4. The van der Waals surface area contributed by atoms with Gasteiger partial charge in [0.05, 0.1) is 11.7 Å². The zero-order chi connectivity index (χ0) is 13.2. The van der Waals surface area contributed by atoms with Crippen LogP contribution in [-0.2, 0) is 6.18 Å². The Morgan fingerprint density at radius 1 is 1.35 bits per heavy atom. The SMILES string of the molecule is NCC(O)C(O)c1cnc(N)c(C(F)(F)F)c1. The molecule has 0 radical (unpaired) electrons. The van der Waals surface area contributed by atoms with Crippen molar-refractivity contribution >= 4 is 5.82 Å². The fraction of sp³-hybridized carbons (Fsp3) is 0.444. The van der Waals surface area contributed by atoms with E-state index in [1.54, 1.807) is 0 Å². The number of hydrogen-bond acceptors (Lipinski definition) is 5. The summed E-state index contributed by atoms with van der Waals surface area (Å²) in [5, 5.41) is 18.7. The minimum Gasteiger partial charge on any atom is -0.389 e. The largest absolute Gasteiger partial charge is 0.419 e. The smallest absolute Gasteiger partial charge is 0.389 e. The first-order valence-electron chi connectivity index (χ1n) is 4.66. The van der Waals surface area contributed by atoms with Crippen molar-refractivity contribution in [1.82, 2.24) is 4.98 Å². The van der Waals surface area contributed by atoms with Crippen molar-refractivity contribution in [3.8, 4) is 0 Å². The van der Waals surface area contributed by atoms with Crippen molar-refractivity contribution in [2.24, 2.45) is 5.73 Å². The maximum Gasteiger partial charge on any atom is 0.419 e. The third-order valence-electron chi connectivity index (χ3n) is 2.19. The molecule has 0 bridgehead atoms. The Bertz CT molecular complexity index is 398. The van der Waals surface area contributed by atoms with E-state index in [2.05, 4.69) is 4.98 Å². The number of aromatic nitrogens is 1. The lowest BCUT2D eigenvalue weighted by Crippen LogP contribution is -2.27. The van der Waals surface area contributed by atoms with Gasteiger partial charge in [0.25, 0.3) is 0 Å². The van der Waals surface area contributed by atoms with Crippen LogP contribution in [0.1, 0.15) is 17.2 Å². The van der Waals surface area contributed by atoms with E-state index in [-0.39, 0.29) is 12.1 Å². The summed E-state index contributed by atoms with van der Waals surface area (Å²) in [6.07, 6.45) is -6.59. The van der Waals surface area contributed by atoms with E-state index in [9.17, 15) is 23.4 Å². The second-order valence-electron chi connectivity index (χ2n) is 3.45. The van der Waals surface area contributed by atoms with Crippen LogP contribution in [0.3, 0.4) is 0 Å². The van der Waals surface area contributed by atoms with E-state index in [1.165, 1.54) is 0 Å². The maximum absolute atomic E-state index is 12.5. The van der Waals surface area contributed by atoms with E-state index in [4.69, 9.17) is 11.5 Å². The quantitative estimate of drug-likeness (QED) is 0.606. The third-order valence-corrected chi connectivity index (χ3v) is 2.19. The highest BCUT2D eigenvalue weighted by Gasteiger charge is 2.34. The highest BCUT2D eigenvalue weighted by Crippen LogP contribution is 2.34. The molecular formula is C9H12F3N3O2. The number of halogens is 3. The van der Waals surface area contributed by atoms with Gasteiger partial charge >= 0.3 is 6.18 Å². The number of nitrogen functional groups attached to an aromatic ring is 1. The van der Waals surface area contributed by atoms with Gasteiger partial charge in [-0.1, -0.05) is 0 Å². The summed E-state index contributed by atoms with van der Waals surface area (Å²) < 4.78 is 37.5. The summed E-state index contributed by atoms with van der Waals surface area (Å²) in [6, 6.07) is 0.645. The molecular weight excluding hydrogens is 239 g/mol. The van der Waals surface area contributed by atoms with Crippen molar-refractivity contribution in [3.05, 3.63) is 23.4 Å². The zero-order valence-corrected chi connectivity index (χ0v) is 8.65. The van der Waals surface area contributed by atoms with Crippen molar-refractivity contribution in [1.29, 1.82) is 0 Å². The predicted octanol–water partition coefficient (Wildman–Crippen LogP) is 0.0356. The zero-order valence-electron chi connectivity index (χ0n) is 8.65. The van der Waals surface area contributed by atoms with E-state index in [0.29, 0.717) is 6.07 Å². The molecule has 6 N–H and O–H groups in total. The van der Waals surface area contributed by atoms with E-state index in [1.807, 2.05) is 0 Å². The van der Waals surface area contributed by atoms with Gasteiger partial charge < -0.3 is 21.7 Å². The molecule has 1 aromatic rings. The molecule has 0 fully saturated rings. The first-order chi connectivity index (χ1) is 7.77. The fourth-order valence-corrected chi connectivity index (χ4v) is 1.23. The van der Waals surface area contributed by atoms with Crippen LogP contribution < -0.4 is 11.5 Å². The van der Waals surface area contributed by atoms with Gasteiger partial charge in [-0.2, -0.15) is 13.2 Å². The second-order valence-corrected chi connectivity index (χ2v) is 3.45. The van der Waals surface area contributed by atoms with Crippen LogP contribution in [-0.4, -0.2) is 27.8 Å². The van der Waals surface area contributed by atoms with Crippen LogP contribution in [0, 0.1) is 0 Å². The summed E-state index contributed by atoms with van der Waals surface area (Å²) in [5.74, 6) is -0.685. The molecule has 1 aromatic heterocycles. The minimum atomic E-state index is -4.67. The average Bonchev–Trinajstić information content (AvgIpc) is 2.26. The van der Waals surface area contributed by atoms with Crippen LogP contribution in [0.5, 0.6) is 0 Å². The summed E-state index contributed by atoms with van der Waals surface area (Å²) in [7, 11) is 0. The van der Waals surface area contributed by atoms with Crippen molar-refractivity contribution < 1.29 is 23.4 Å². The molecule has 0 aliphatic carbocycles. The Morgan fingerprint density at radius 3 is 2.41 bits per heavy atom. The predicted molar refractivity (Wildman–Crippen MR) is 53.7 cm³/mol. The van der Waals surface area contributed by atoms with Crippen molar-refractivity contribution in [3.63, 3.8) is 0 Å². The number of nitrogens with zero attached hydrogens (tertiary/aromatic N) is 1. The van der Waals surface area contributed by atoms with Crippen LogP contribution >= 0.6 is 0 Å². The van der Waals surface area contributed by atoms with E-state index < -0.39 is 29.8 Å².